The largest absolute Gasteiger partial charge is 0.493 e. The number of H-pyrrole nitrogens is 1. The minimum absolute atomic E-state index is 0.259. The Bertz CT molecular complexity index is 1210. The number of aromatic nitrogens is 3. The molecule has 0 spiro atoms. The number of nitrogens with one attached hydrogen (secondary N) is 1. The molecule has 1 N–H and O–H groups in total. The maximum atomic E-state index is 12.7. The zero-order valence-electron chi connectivity index (χ0n) is 15.0. The Balaban J connectivity index is 1.72. The molecule has 0 bridgehead atoms. The van der Waals surface area contributed by atoms with Gasteiger partial charge in [-0.25, -0.2) is 4.98 Å². The van der Waals surface area contributed by atoms with E-state index >= 15 is 0 Å². The van der Waals surface area contributed by atoms with E-state index in [0.717, 1.165) is 16.5 Å². The lowest BCUT2D eigenvalue weighted by atomic mass is 10.2. The Hall–Kier alpha value is -3.61. The van der Waals surface area contributed by atoms with E-state index < -0.39 is 0 Å². The van der Waals surface area contributed by atoms with Gasteiger partial charge in [0.15, 0.2) is 11.5 Å². The topological polar surface area (TPSA) is 81.5 Å². The summed E-state index contributed by atoms with van der Waals surface area (Å²) in [7, 11) is 1.58. The van der Waals surface area contributed by atoms with Gasteiger partial charge in [-0.2, -0.15) is 9.78 Å². The van der Waals surface area contributed by atoms with Gasteiger partial charge >= 0.3 is 0 Å². The van der Waals surface area contributed by atoms with E-state index in [9.17, 15) is 4.79 Å². The van der Waals surface area contributed by atoms with E-state index in [-0.39, 0.29) is 5.56 Å². The molecule has 4 aromatic rings. The Morgan fingerprint density at radius 3 is 2.89 bits per heavy atom. The highest BCUT2D eigenvalue weighted by Gasteiger charge is 2.10. The molecule has 27 heavy (non-hydrogen) atoms. The van der Waals surface area contributed by atoms with Crippen molar-refractivity contribution < 1.29 is 9.47 Å². The Morgan fingerprint density at radius 2 is 2.07 bits per heavy atom. The van der Waals surface area contributed by atoms with Gasteiger partial charge in [0, 0.05) is 10.9 Å². The van der Waals surface area contributed by atoms with E-state index in [2.05, 4.69) is 15.1 Å². The number of fused-ring (bicyclic) bond motifs is 3. The lowest BCUT2D eigenvalue weighted by molar-refractivity contribution is 0.311. The summed E-state index contributed by atoms with van der Waals surface area (Å²) in [6.45, 7) is 2.46. The van der Waals surface area contributed by atoms with Crippen LogP contribution in [0.15, 0.2) is 58.7 Å². The molecular formula is C20H18N4O3. The van der Waals surface area contributed by atoms with Gasteiger partial charge in [0.1, 0.15) is 17.4 Å². The molecule has 0 aliphatic carbocycles. The van der Waals surface area contributed by atoms with E-state index in [1.165, 1.54) is 11.0 Å². The van der Waals surface area contributed by atoms with E-state index in [1.807, 2.05) is 43.3 Å². The van der Waals surface area contributed by atoms with Gasteiger partial charge in [0.05, 0.1) is 19.9 Å². The zero-order valence-corrected chi connectivity index (χ0v) is 15.0. The first-order chi connectivity index (χ1) is 13.2. The Kier molecular flexibility index (Phi) is 4.33. The summed E-state index contributed by atoms with van der Waals surface area (Å²) in [6.07, 6.45) is 3.00. The number of hydrogen-bond acceptors (Lipinski definition) is 5. The summed E-state index contributed by atoms with van der Waals surface area (Å²) in [5.41, 5.74) is 2.46. The summed E-state index contributed by atoms with van der Waals surface area (Å²) in [6, 6.07) is 13.1. The molecule has 2 aromatic carbocycles. The summed E-state index contributed by atoms with van der Waals surface area (Å²) in [5, 5.41) is 5.16. The minimum atomic E-state index is -0.259. The molecule has 0 fully saturated rings. The van der Waals surface area contributed by atoms with E-state index in [1.54, 1.807) is 19.4 Å². The van der Waals surface area contributed by atoms with Crippen LogP contribution < -0.4 is 15.0 Å². The second kappa shape index (κ2) is 6.95. The molecule has 0 unspecified atom stereocenters. The van der Waals surface area contributed by atoms with Crippen molar-refractivity contribution in [2.75, 3.05) is 13.7 Å². The van der Waals surface area contributed by atoms with Crippen molar-refractivity contribution in [3.05, 3.63) is 64.7 Å². The van der Waals surface area contributed by atoms with Gasteiger partial charge in [-0.05, 0) is 36.8 Å². The van der Waals surface area contributed by atoms with Crippen LogP contribution >= 0.6 is 0 Å². The average molecular weight is 362 g/mol. The van der Waals surface area contributed by atoms with Crippen molar-refractivity contribution in [3.8, 4) is 11.5 Å². The first-order valence-electron chi connectivity index (χ1n) is 8.54. The van der Waals surface area contributed by atoms with Crippen LogP contribution in [0.3, 0.4) is 0 Å². The number of benzene rings is 2. The molecule has 0 atom stereocenters. The van der Waals surface area contributed by atoms with Gasteiger partial charge in [-0.15, -0.1) is 0 Å². The second-order valence-corrected chi connectivity index (χ2v) is 5.88. The number of aromatic amines is 1. The second-order valence-electron chi connectivity index (χ2n) is 5.88. The van der Waals surface area contributed by atoms with Gasteiger partial charge in [0.25, 0.3) is 5.56 Å². The van der Waals surface area contributed by atoms with Crippen LogP contribution in [0.4, 0.5) is 0 Å². The van der Waals surface area contributed by atoms with E-state index in [4.69, 9.17) is 9.47 Å². The maximum absolute atomic E-state index is 12.7. The van der Waals surface area contributed by atoms with Gasteiger partial charge < -0.3 is 14.5 Å². The number of nitrogens with zero attached hydrogens (tertiary/aromatic N) is 3. The van der Waals surface area contributed by atoms with Crippen molar-refractivity contribution in [3.63, 3.8) is 0 Å². The number of para-hydroxylation sites is 1. The molecule has 0 saturated heterocycles. The fourth-order valence-corrected chi connectivity index (χ4v) is 2.95. The molecule has 2 heterocycles. The lowest BCUT2D eigenvalue weighted by Gasteiger charge is -2.09. The van der Waals surface area contributed by atoms with Crippen LogP contribution in [0.5, 0.6) is 11.5 Å². The monoisotopic (exact) mass is 362 g/mol. The van der Waals surface area contributed by atoms with E-state index in [0.29, 0.717) is 29.1 Å². The molecule has 136 valence electrons. The van der Waals surface area contributed by atoms with Crippen molar-refractivity contribution in [2.45, 2.75) is 6.92 Å². The summed E-state index contributed by atoms with van der Waals surface area (Å²) < 4.78 is 12.0. The van der Waals surface area contributed by atoms with Crippen LogP contribution in [0.25, 0.3) is 21.9 Å². The third-order valence-corrected chi connectivity index (χ3v) is 4.22. The standard InChI is InChI=1S/C20H18N4O3/c1-3-27-16-9-8-13(10-17(16)26-2)11-22-24-12-21-18-14-6-4-5-7-15(14)23-19(18)20(24)25/h4-12,23H,3H2,1-2H3/b22-11-. The molecule has 0 aliphatic heterocycles. The maximum Gasteiger partial charge on any atom is 0.298 e. The first kappa shape index (κ1) is 16.8. The minimum Gasteiger partial charge on any atom is -0.493 e. The third kappa shape index (κ3) is 3.03. The SMILES string of the molecule is CCOc1ccc(/C=N\n2cnc3c([nH]c4ccccc43)c2=O)cc1OC. The van der Waals surface area contributed by atoms with Crippen LogP contribution in [-0.2, 0) is 0 Å². The molecule has 7 heteroatoms. The summed E-state index contributed by atoms with van der Waals surface area (Å²) >= 11 is 0. The molecule has 0 radical (unpaired) electrons. The zero-order chi connectivity index (χ0) is 18.8. The summed E-state index contributed by atoms with van der Waals surface area (Å²) in [5.74, 6) is 1.27. The Morgan fingerprint density at radius 1 is 1.22 bits per heavy atom. The first-order valence-corrected chi connectivity index (χ1v) is 8.54. The van der Waals surface area contributed by atoms with Crippen molar-refractivity contribution >= 4 is 28.2 Å². The molecule has 0 saturated carbocycles. The van der Waals surface area contributed by atoms with Crippen molar-refractivity contribution in [1.82, 2.24) is 14.6 Å². The average Bonchev–Trinajstić information content (AvgIpc) is 3.08. The highest BCUT2D eigenvalue weighted by Crippen LogP contribution is 2.27. The highest BCUT2D eigenvalue weighted by molar-refractivity contribution is 6.04. The third-order valence-electron chi connectivity index (χ3n) is 4.22. The molecule has 0 aliphatic rings. The quantitative estimate of drug-likeness (QED) is 0.553. The number of rotatable bonds is 5. The van der Waals surface area contributed by atoms with Gasteiger partial charge in [-0.3, -0.25) is 4.79 Å². The lowest BCUT2D eigenvalue weighted by Crippen LogP contribution is -2.17. The molecule has 7 nitrogen and oxygen atoms in total. The normalized spacial score (nSPS) is 11.5. The number of hydrogen-bond donors (Lipinski definition) is 1. The number of methoxy groups -OCH3 is 1. The molecule has 2 aromatic heterocycles. The van der Waals surface area contributed by atoms with Gasteiger partial charge in [0.2, 0.25) is 0 Å². The molecule has 4 rings (SSSR count). The van der Waals surface area contributed by atoms with Crippen LogP contribution in [0.1, 0.15) is 12.5 Å². The molecular weight excluding hydrogens is 344 g/mol. The summed E-state index contributed by atoms with van der Waals surface area (Å²) in [4.78, 5) is 20.2. The van der Waals surface area contributed by atoms with Gasteiger partial charge in [-0.1, -0.05) is 18.2 Å². The van der Waals surface area contributed by atoms with Crippen LogP contribution in [-0.4, -0.2) is 34.6 Å². The Labute approximate surface area is 154 Å². The van der Waals surface area contributed by atoms with Crippen LogP contribution in [0, 0.1) is 0 Å². The highest BCUT2D eigenvalue weighted by atomic mass is 16.5. The predicted molar refractivity (Wildman–Crippen MR) is 105 cm³/mol. The van der Waals surface area contributed by atoms with Crippen molar-refractivity contribution in [1.29, 1.82) is 0 Å². The molecule has 0 amide bonds. The van der Waals surface area contributed by atoms with Crippen molar-refractivity contribution in [2.24, 2.45) is 5.10 Å². The number of ether oxygens (including phenoxy) is 2. The smallest absolute Gasteiger partial charge is 0.298 e. The van der Waals surface area contributed by atoms with Crippen LogP contribution in [0.2, 0.25) is 0 Å². The fraction of sp³-hybridized carbons (Fsp3) is 0.150. The predicted octanol–water partition coefficient (Wildman–Crippen LogP) is 3.17. The fourth-order valence-electron chi connectivity index (χ4n) is 2.95.